The van der Waals surface area contributed by atoms with E-state index < -0.39 is 23.0 Å². The van der Waals surface area contributed by atoms with Gasteiger partial charge >= 0.3 is 5.69 Å². The largest absolute Gasteiger partial charge is 0.385 e. The number of anilines is 1. The van der Waals surface area contributed by atoms with E-state index in [4.69, 9.17) is 4.74 Å². The fraction of sp³-hybridized carbons (Fsp3) is 0.250. The van der Waals surface area contributed by atoms with Gasteiger partial charge < -0.3 is 10.1 Å². The normalized spacial score (nSPS) is 10.9. The Bertz CT molecular complexity index is 1120. The van der Waals surface area contributed by atoms with Gasteiger partial charge in [0, 0.05) is 25.9 Å². The monoisotopic (exact) mass is 385 g/mol. The number of nitrogens with zero attached hydrogens (tertiary/aromatic N) is 2. The van der Waals surface area contributed by atoms with Gasteiger partial charge in [0.1, 0.15) is 12.4 Å². The summed E-state index contributed by atoms with van der Waals surface area (Å²) in [5.74, 6) is -0.980. The highest BCUT2D eigenvalue weighted by Gasteiger charge is 2.15. The van der Waals surface area contributed by atoms with Gasteiger partial charge in [0.25, 0.3) is 5.56 Å². The van der Waals surface area contributed by atoms with E-state index in [1.807, 2.05) is 0 Å². The quantitative estimate of drug-likeness (QED) is 0.631. The number of methoxy groups -OCH3 is 1. The lowest BCUT2D eigenvalue weighted by Gasteiger charge is -2.14. The molecular formula is C20H20FN3O4. The van der Waals surface area contributed by atoms with Crippen molar-refractivity contribution in [2.75, 3.05) is 19.0 Å². The number of hydrogen-bond acceptors (Lipinski definition) is 4. The molecule has 1 amide bonds. The summed E-state index contributed by atoms with van der Waals surface area (Å²) in [7, 11) is 1.54. The number of carbonyl (C=O) groups is 1. The number of amides is 1. The molecule has 1 N–H and O–H groups in total. The fourth-order valence-corrected chi connectivity index (χ4v) is 3.00. The number of aromatic nitrogens is 2. The first kappa shape index (κ1) is 19.5. The van der Waals surface area contributed by atoms with Crippen LogP contribution in [0, 0.1) is 5.82 Å². The van der Waals surface area contributed by atoms with Gasteiger partial charge in [-0.15, -0.1) is 0 Å². The number of fused-ring (bicyclic) bond motifs is 1. The Morgan fingerprint density at radius 1 is 1.11 bits per heavy atom. The SMILES string of the molecule is COCCCn1c(=O)c2ccccc2n(CC(=O)Nc2cccc(F)c2)c1=O. The Kier molecular flexibility index (Phi) is 6.00. The standard InChI is InChI=1S/C20H20FN3O4/c1-28-11-5-10-23-19(26)16-8-2-3-9-17(16)24(20(23)27)13-18(25)22-15-7-4-6-14(21)12-15/h2-4,6-9,12H,5,10-11,13H2,1H3,(H,22,25). The summed E-state index contributed by atoms with van der Waals surface area (Å²) >= 11 is 0. The van der Waals surface area contributed by atoms with Crippen molar-refractivity contribution in [1.29, 1.82) is 0 Å². The second-order valence-corrected chi connectivity index (χ2v) is 6.25. The molecule has 0 saturated heterocycles. The lowest BCUT2D eigenvalue weighted by Crippen LogP contribution is -2.42. The fourth-order valence-electron chi connectivity index (χ4n) is 3.00. The molecule has 0 aliphatic rings. The average Bonchev–Trinajstić information content (AvgIpc) is 2.68. The number of nitrogens with one attached hydrogen (secondary N) is 1. The highest BCUT2D eigenvalue weighted by Crippen LogP contribution is 2.11. The van der Waals surface area contributed by atoms with Crippen LogP contribution >= 0.6 is 0 Å². The Labute approximate surface area is 160 Å². The molecule has 0 unspecified atom stereocenters. The first-order valence-corrected chi connectivity index (χ1v) is 8.78. The molecule has 0 fully saturated rings. The zero-order valence-corrected chi connectivity index (χ0v) is 15.4. The summed E-state index contributed by atoms with van der Waals surface area (Å²) in [5, 5.41) is 2.91. The number of benzene rings is 2. The molecule has 7 nitrogen and oxygen atoms in total. The first-order valence-electron chi connectivity index (χ1n) is 8.78. The third-order valence-electron chi connectivity index (χ3n) is 4.27. The van der Waals surface area contributed by atoms with E-state index in [-0.39, 0.29) is 18.8 Å². The van der Waals surface area contributed by atoms with Crippen molar-refractivity contribution in [3.63, 3.8) is 0 Å². The number of para-hydroxylation sites is 1. The van der Waals surface area contributed by atoms with Crippen LogP contribution in [0.25, 0.3) is 10.9 Å². The van der Waals surface area contributed by atoms with Crippen LogP contribution in [0.5, 0.6) is 0 Å². The van der Waals surface area contributed by atoms with Crippen molar-refractivity contribution in [1.82, 2.24) is 9.13 Å². The molecule has 3 rings (SSSR count). The molecule has 146 valence electrons. The van der Waals surface area contributed by atoms with E-state index in [9.17, 15) is 18.8 Å². The van der Waals surface area contributed by atoms with Gasteiger partial charge in [-0.3, -0.25) is 18.7 Å². The van der Waals surface area contributed by atoms with Gasteiger partial charge in [-0.25, -0.2) is 9.18 Å². The van der Waals surface area contributed by atoms with E-state index in [0.717, 1.165) is 4.57 Å². The maximum absolute atomic E-state index is 13.3. The Morgan fingerprint density at radius 3 is 2.64 bits per heavy atom. The van der Waals surface area contributed by atoms with Gasteiger partial charge in [0.05, 0.1) is 10.9 Å². The predicted molar refractivity (Wildman–Crippen MR) is 104 cm³/mol. The van der Waals surface area contributed by atoms with Crippen molar-refractivity contribution in [2.45, 2.75) is 19.5 Å². The second kappa shape index (κ2) is 8.62. The van der Waals surface area contributed by atoms with Gasteiger partial charge in [-0.05, 0) is 36.8 Å². The molecule has 0 atom stereocenters. The van der Waals surface area contributed by atoms with Crippen molar-refractivity contribution in [2.24, 2.45) is 0 Å². The Morgan fingerprint density at radius 2 is 1.89 bits per heavy atom. The zero-order chi connectivity index (χ0) is 20.1. The second-order valence-electron chi connectivity index (χ2n) is 6.25. The maximum Gasteiger partial charge on any atom is 0.331 e. The minimum absolute atomic E-state index is 0.182. The third-order valence-corrected chi connectivity index (χ3v) is 4.27. The van der Waals surface area contributed by atoms with Gasteiger partial charge in [-0.1, -0.05) is 18.2 Å². The van der Waals surface area contributed by atoms with Crippen LogP contribution in [0.3, 0.4) is 0 Å². The van der Waals surface area contributed by atoms with Gasteiger partial charge in [0.2, 0.25) is 5.91 Å². The molecular weight excluding hydrogens is 365 g/mol. The van der Waals surface area contributed by atoms with Crippen molar-refractivity contribution >= 4 is 22.5 Å². The van der Waals surface area contributed by atoms with E-state index in [1.165, 1.54) is 29.9 Å². The Hall–Kier alpha value is -3.26. The number of hydrogen-bond donors (Lipinski definition) is 1. The van der Waals surface area contributed by atoms with Crippen LogP contribution in [0.1, 0.15) is 6.42 Å². The first-order chi connectivity index (χ1) is 13.5. The molecule has 0 saturated carbocycles. The minimum Gasteiger partial charge on any atom is -0.385 e. The molecule has 0 radical (unpaired) electrons. The summed E-state index contributed by atoms with van der Waals surface area (Å²) in [5.41, 5.74) is -0.321. The van der Waals surface area contributed by atoms with E-state index >= 15 is 0 Å². The summed E-state index contributed by atoms with van der Waals surface area (Å²) in [6.07, 6.45) is 0.486. The zero-order valence-electron chi connectivity index (χ0n) is 15.4. The smallest absolute Gasteiger partial charge is 0.331 e. The molecule has 0 bridgehead atoms. The topological polar surface area (TPSA) is 82.3 Å². The summed E-state index contributed by atoms with van der Waals surface area (Å²) in [6.45, 7) is 0.279. The number of carbonyl (C=O) groups excluding carboxylic acids is 1. The van der Waals surface area contributed by atoms with Crippen LogP contribution in [0.4, 0.5) is 10.1 Å². The summed E-state index contributed by atoms with van der Waals surface area (Å²) in [4.78, 5) is 38.0. The van der Waals surface area contributed by atoms with Crippen LogP contribution in [-0.2, 0) is 22.6 Å². The molecule has 1 heterocycles. The molecule has 0 spiro atoms. The predicted octanol–water partition coefficient (Wildman–Crippen LogP) is 1.98. The average molecular weight is 385 g/mol. The van der Waals surface area contributed by atoms with E-state index in [0.29, 0.717) is 23.9 Å². The summed E-state index contributed by atoms with van der Waals surface area (Å²) < 4.78 is 20.6. The maximum atomic E-state index is 13.3. The molecule has 0 aliphatic heterocycles. The number of rotatable bonds is 7. The highest BCUT2D eigenvalue weighted by atomic mass is 19.1. The molecule has 1 aromatic heterocycles. The lowest BCUT2D eigenvalue weighted by molar-refractivity contribution is -0.116. The molecule has 2 aromatic carbocycles. The van der Waals surface area contributed by atoms with Crippen LogP contribution in [0.2, 0.25) is 0 Å². The summed E-state index contributed by atoms with van der Waals surface area (Å²) in [6, 6.07) is 12.1. The van der Waals surface area contributed by atoms with Crippen molar-refractivity contribution < 1.29 is 13.9 Å². The Balaban J connectivity index is 1.98. The van der Waals surface area contributed by atoms with E-state index in [1.54, 1.807) is 30.3 Å². The molecule has 3 aromatic rings. The van der Waals surface area contributed by atoms with Gasteiger partial charge in [-0.2, -0.15) is 0 Å². The lowest BCUT2D eigenvalue weighted by atomic mass is 10.2. The molecule has 28 heavy (non-hydrogen) atoms. The van der Waals surface area contributed by atoms with Crippen molar-refractivity contribution in [3.05, 3.63) is 75.2 Å². The van der Waals surface area contributed by atoms with Crippen molar-refractivity contribution in [3.8, 4) is 0 Å². The van der Waals surface area contributed by atoms with Crippen LogP contribution in [-0.4, -0.2) is 28.8 Å². The van der Waals surface area contributed by atoms with E-state index in [2.05, 4.69) is 5.32 Å². The van der Waals surface area contributed by atoms with Crippen LogP contribution in [0.15, 0.2) is 58.1 Å². The highest BCUT2D eigenvalue weighted by molar-refractivity contribution is 5.91. The number of halogens is 1. The van der Waals surface area contributed by atoms with Gasteiger partial charge in [0.15, 0.2) is 0 Å². The van der Waals surface area contributed by atoms with Crippen LogP contribution < -0.4 is 16.6 Å². The molecule has 0 aliphatic carbocycles. The minimum atomic E-state index is -0.575. The number of ether oxygens (including phenoxy) is 1. The molecule has 8 heteroatoms. The third kappa shape index (κ3) is 4.17.